The van der Waals surface area contributed by atoms with Gasteiger partial charge in [0, 0.05) is 44.6 Å². The molecule has 0 aromatic carbocycles. The average molecular weight is 261 g/mol. The van der Waals surface area contributed by atoms with Crippen LogP contribution in [0.4, 0.5) is 0 Å². The van der Waals surface area contributed by atoms with Crippen LogP contribution in [0.5, 0.6) is 5.88 Å². The summed E-state index contributed by atoms with van der Waals surface area (Å²) in [5.41, 5.74) is 0. The molecule has 3 rings (SSSR count). The Morgan fingerprint density at radius 2 is 2.11 bits per heavy atom. The summed E-state index contributed by atoms with van der Waals surface area (Å²) < 4.78 is 5.79. The zero-order valence-corrected chi connectivity index (χ0v) is 11.0. The molecule has 0 bridgehead atoms. The van der Waals surface area contributed by atoms with E-state index in [-0.39, 0.29) is 6.10 Å². The van der Waals surface area contributed by atoms with Crippen molar-refractivity contribution in [2.75, 3.05) is 13.1 Å². The first-order chi connectivity index (χ1) is 9.31. The molecule has 0 unspecified atom stereocenters. The molecule has 2 heterocycles. The van der Waals surface area contributed by atoms with Crippen LogP contribution in [0.25, 0.3) is 0 Å². The van der Waals surface area contributed by atoms with Crippen molar-refractivity contribution >= 4 is 5.91 Å². The van der Waals surface area contributed by atoms with Gasteiger partial charge in [0.15, 0.2) is 0 Å². The van der Waals surface area contributed by atoms with E-state index >= 15 is 0 Å². The van der Waals surface area contributed by atoms with E-state index < -0.39 is 0 Å². The lowest BCUT2D eigenvalue weighted by Gasteiger charge is -2.32. The smallest absolute Gasteiger partial charge is 0.222 e. The second-order valence-corrected chi connectivity index (χ2v) is 5.39. The standard InChI is InChI=1S/C14H19N3O2/c18-14(9-11-1-2-11)17-7-4-12(5-8-17)19-13-3-6-15-10-16-13/h3,6,10-12H,1-2,4-5,7-9H2. The number of hydrogen-bond acceptors (Lipinski definition) is 4. The summed E-state index contributed by atoms with van der Waals surface area (Å²) in [7, 11) is 0. The molecule has 0 atom stereocenters. The third-order valence-corrected chi connectivity index (χ3v) is 3.80. The zero-order chi connectivity index (χ0) is 13.1. The summed E-state index contributed by atoms with van der Waals surface area (Å²) in [6.45, 7) is 1.61. The molecule has 1 amide bonds. The zero-order valence-electron chi connectivity index (χ0n) is 11.0. The van der Waals surface area contributed by atoms with Gasteiger partial charge in [0.1, 0.15) is 12.4 Å². The summed E-state index contributed by atoms with van der Waals surface area (Å²) in [6.07, 6.45) is 8.33. The minimum absolute atomic E-state index is 0.167. The van der Waals surface area contributed by atoms with Gasteiger partial charge in [-0.15, -0.1) is 0 Å². The highest BCUT2D eigenvalue weighted by Crippen LogP contribution is 2.33. The Morgan fingerprint density at radius 3 is 2.74 bits per heavy atom. The third kappa shape index (κ3) is 3.43. The number of likely N-dealkylation sites (tertiary alicyclic amines) is 1. The van der Waals surface area contributed by atoms with Crippen LogP contribution in [0.1, 0.15) is 32.1 Å². The van der Waals surface area contributed by atoms with Crippen LogP contribution in [0.15, 0.2) is 18.6 Å². The molecule has 1 aliphatic heterocycles. The first kappa shape index (κ1) is 12.4. The van der Waals surface area contributed by atoms with Gasteiger partial charge in [0.2, 0.25) is 11.8 Å². The topological polar surface area (TPSA) is 55.3 Å². The van der Waals surface area contributed by atoms with Gasteiger partial charge < -0.3 is 9.64 Å². The highest BCUT2D eigenvalue weighted by Gasteiger charge is 2.29. The number of carbonyl (C=O) groups excluding carboxylic acids is 1. The van der Waals surface area contributed by atoms with Crippen molar-refractivity contribution < 1.29 is 9.53 Å². The molecule has 0 N–H and O–H groups in total. The normalized spacial score (nSPS) is 20.3. The summed E-state index contributed by atoms with van der Waals surface area (Å²) in [6, 6.07) is 1.77. The number of hydrogen-bond donors (Lipinski definition) is 0. The monoisotopic (exact) mass is 261 g/mol. The SMILES string of the molecule is O=C(CC1CC1)N1CCC(Oc2ccncn2)CC1. The Balaban J connectivity index is 1.45. The van der Waals surface area contributed by atoms with Crippen molar-refractivity contribution in [2.24, 2.45) is 5.92 Å². The molecule has 102 valence electrons. The fourth-order valence-corrected chi connectivity index (χ4v) is 2.44. The highest BCUT2D eigenvalue weighted by atomic mass is 16.5. The largest absolute Gasteiger partial charge is 0.474 e. The molecule has 0 spiro atoms. The summed E-state index contributed by atoms with van der Waals surface area (Å²) in [5, 5.41) is 0. The van der Waals surface area contributed by atoms with Crippen LogP contribution < -0.4 is 4.74 Å². The van der Waals surface area contributed by atoms with Gasteiger partial charge in [-0.05, 0) is 18.8 Å². The summed E-state index contributed by atoms with van der Waals surface area (Å²) in [5.74, 6) is 1.61. The maximum absolute atomic E-state index is 12.0. The van der Waals surface area contributed by atoms with Crippen LogP contribution in [-0.2, 0) is 4.79 Å². The van der Waals surface area contributed by atoms with E-state index in [9.17, 15) is 4.79 Å². The quantitative estimate of drug-likeness (QED) is 0.827. The van der Waals surface area contributed by atoms with Crippen molar-refractivity contribution in [3.63, 3.8) is 0 Å². The van der Waals surface area contributed by atoms with E-state index in [1.54, 1.807) is 12.3 Å². The second-order valence-electron chi connectivity index (χ2n) is 5.39. The fraction of sp³-hybridized carbons (Fsp3) is 0.643. The molecular weight excluding hydrogens is 242 g/mol. The van der Waals surface area contributed by atoms with E-state index in [0.717, 1.165) is 32.4 Å². The first-order valence-corrected chi connectivity index (χ1v) is 7.02. The van der Waals surface area contributed by atoms with E-state index in [0.29, 0.717) is 17.7 Å². The predicted octanol–water partition coefficient (Wildman–Crippen LogP) is 1.65. The molecule has 1 aromatic heterocycles. The van der Waals surface area contributed by atoms with Crippen molar-refractivity contribution in [3.8, 4) is 5.88 Å². The Morgan fingerprint density at radius 1 is 1.32 bits per heavy atom. The molecule has 0 radical (unpaired) electrons. The van der Waals surface area contributed by atoms with E-state index in [1.165, 1.54) is 19.2 Å². The number of nitrogens with zero attached hydrogens (tertiary/aromatic N) is 3. The van der Waals surface area contributed by atoms with Crippen LogP contribution in [0, 0.1) is 5.92 Å². The third-order valence-electron chi connectivity index (χ3n) is 3.80. The van der Waals surface area contributed by atoms with E-state index in [2.05, 4.69) is 9.97 Å². The number of amides is 1. The maximum atomic E-state index is 12.0. The molecule has 1 saturated heterocycles. The van der Waals surface area contributed by atoms with Crippen LogP contribution in [0.2, 0.25) is 0 Å². The minimum Gasteiger partial charge on any atom is -0.474 e. The van der Waals surface area contributed by atoms with E-state index in [1.807, 2.05) is 4.90 Å². The molecule has 2 aliphatic rings. The molecule has 5 heteroatoms. The molecular formula is C14H19N3O2. The molecule has 5 nitrogen and oxygen atoms in total. The molecule has 1 saturated carbocycles. The number of rotatable bonds is 4. The Bertz CT molecular complexity index is 426. The van der Waals surface area contributed by atoms with Crippen molar-refractivity contribution in [1.29, 1.82) is 0 Å². The van der Waals surface area contributed by atoms with Gasteiger partial charge in [-0.1, -0.05) is 0 Å². The van der Waals surface area contributed by atoms with Gasteiger partial charge in [0.25, 0.3) is 0 Å². The highest BCUT2D eigenvalue weighted by molar-refractivity contribution is 5.76. The lowest BCUT2D eigenvalue weighted by atomic mass is 10.1. The lowest BCUT2D eigenvalue weighted by Crippen LogP contribution is -2.41. The number of ether oxygens (including phenoxy) is 1. The molecule has 19 heavy (non-hydrogen) atoms. The number of aromatic nitrogens is 2. The van der Waals surface area contributed by atoms with Gasteiger partial charge >= 0.3 is 0 Å². The Hall–Kier alpha value is -1.65. The van der Waals surface area contributed by atoms with Crippen LogP contribution >= 0.6 is 0 Å². The van der Waals surface area contributed by atoms with Gasteiger partial charge in [-0.25, -0.2) is 9.97 Å². The first-order valence-electron chi connectivity index (χ1n) is 7.02. The second kappa shape index (κ2) is 5.55. The Labute approximate surface area is 113 Å². The molecule has 2 fully saturated rings. The van der Waals surface area contributed by atoms with Crippen LogP contribution in [0.3, 0.4) is 0 Å². The summed E-state index contributed by atoms with van der Waals surface area (Å²) in [4.78, 5) is 21.9. The van der Waals surface area contributed by atoms with Gasteiger partial charge in [-0.2, -0.15) is 0 Å². The average Bonchev–Trinajstić information content (AvgIpc) is 3.25. The summed E-state index contributed by atoms with van der Waals surface area (Å²) >= 11 is 0. The van der Waals surface area contributed by atoms with E-state index in [4.69, 9.17) is 4.74 Å². The van der Waals surface area contributed by atoms with Crippen molar-refractivity contribution in [2.45, 2.75) is 38.2 Å². The predicted molar refractivity (Wildman–Crippen MR) is 69.6 cm³/mol. The fourth-order valence-electron chi connectivity index (χ4n) is 2.44. The number of carbonyl (C=O) groups is 1. The molecule has 1 aromatic rings. The maximum Gasteiger partial charge on any atom is 0.222 e. The van der Waals surface area contributed by atoms with Crippen molar-refractivity contribution in [3.05, 3.63) is 18.6 Å². The van der Waals surface area contributed by atoms with Gasteiger partial charge in [0.05, 0.1) is 0 Å². The molecule has 1 aliphatic carbocycles. The van der Waals surface area contributed by atoms with Gasteiger partial charge in [-0.3, -0.25) is 4.79 Å². The lowest BCUT2D eigenvalue weighted by molar-refractivity contribution is -0.133. The minimum atomic E-state index is 0.167. The Kier molecular flexibility index (Phi) is 3.62. The van der Waals surface area contributed by atoms with Crippen molar-refractivity contribution in [1.82, 2.24) is 14.9 Å². The number of piperidine rings is 1. The van der Waals surface area contributed by atoms with Crippen LogP contribution in [-0.4, -0.2) is 40.0 Å².